The van der Waals surface area contributed by atoms with E-state index in [4.69, 9.17) is 0 Å². The van der Waals surface area contributed by atoms with Crippen LogP contribution in [0.3, 0.4) is 0 Å². The molecule has 0 saturated heterocycles. The van der Waals surface area contributed by atoms with Gasteiger partial charge in [0.25, 0.3) is 0 Å². The highest BCUT2D eigenvalue weighted by Crippen LogP contribution is 2.22. The number of hydrogen-bond acceptors (Lipinski definition) is 2. The fraction of sp³-hybridized carbons (Fsp3) is 0.222. The largest absolute Gasteiger partial charge is 0.331 e. The first kappa shape index (κ1) is 18.4. The standard InChI is InChI=1S/C18H19F2N3O2/c1-23(2)18(25)22-15-9-4-3-8-14(15)21-16(24)11-10-12-6-5-7-13(19)17(12)20/h3-9H,10-11H2,1-2H3,(H,21,24)(H,22,25). The molecule has 2 aromatic rings. The Bertz CT molecular complexity index is 779. The first-order valence-electron chi connectivity index (χ1n) is 7.68. The zero-order valence-corrected chi connectivity index (χ0v) is 14.0. The normalized spacial score (nSPS) is 10.2. The summed E-state index contributed by atoms with van der Waals surface area (Å²) in [5, 5.41) is 5.34. The van der Waals surface area contributed by atoms with E-state index < -0.39 is 11.6 Å². The number of rotatable bonds is 5. The highest BCUT2D eigenvalue weighted by Gasteiger charge is 2.12. The van der Waals surface area contributed by atoms with Crippen LogP contribution in [-0.2, 0) is 11.2 Å². The van der Waals surface area contributed by atoms with Gasteiger partial charge < -0.3 is 15.5 Å². The van der Waals surface area contributed by atoms with Crippen molar-refractivity contribution in [2.45, 2.75) is 12.8 Å². The molecule has 0 spiro atoms. The molecule has 0 heterocycles. The first-order valence-corrected chi connectivity index (χ1v) is 7.68. The van der Waals surface area contributed by atoms with Crippen LogP contribution >= 0.6 is 0 Å². The minimum Gasteiger partial charge on any atom is -0.331 e. The maximum absolute atomic E-state index is 13.6. The summed E-state index contributed by atoms with van der Waals surface area (Å²) >= 11 is 0. The molecule has 7 heteroatoms. The van der Waals surface area contributed by atoms with Gasteiger partial charge in [0, 0.05) is 20.5 Å². The lowest BCUT2D eigenvalue weighted by Crippen LogP contribution is -2.28. The molecule has 0 aliphatic rings. The molecule has 0 atom stereocenters. The number of halogens is 2. The van der Waals surface area contributed by atoms with Crippen molar-refractivity contribution >= 4 is 23.3 Å². The van der Waals surface area contributed by atoms with Crippen molar-refractivity contribution in [3.05, 3.63) is 59.7 Å². The minimum atomic E-state index is -0.936. The van der Waals surface area contributed by atoms with Crippen molar-refractivity contribution < 1.29 is 18.4 Å². The van der Waals surface area contributed by atoms with E-state index in [9.17, 15) is 18.4 Å². The van der Waals surface area contributed by atoms with Gasteiger partial charge in [-0.25, -0.2) is 13.6 Å². The number of hydrogen-bond donors (Lipinski definition) is 2. The van der Waals surface area contributed by atoms with E-state index in [-0.39, 0.29) is 30.3 Å². The number of benzene rings is 2. The van der Waals surface area contributed by atoms with Gasteiger partial charge in [-0.3, -0.25) is 4.79 Å². The molecular formula is C18H19F2N3O2. The zero-order chi connectivity index (χ0) is 18.4. The summed E-state index contributed by atoms with van der Waals surface area (Å²) in [7, 11) is 3.20. The van der Waals surface area contributed by atoms with Gasteiger partial charge in [-0.2, -0.15) is 0 Å². The second kappa shape index (κ2) is 8.23. The van der Waals surface area contributed by atoms with Crippen molar-refractivity contribution in [1.29, 1.82) is 0 Å². The molecule has 0 aliphatic carbocycles. The fourth-order valence-electron chi connectivity index (χ4n) is 2.13. The number of nitrogens with zero attached hydrogens (tertiary/aromatic N) is 1. The molecule has 0 fully saturated rings. The van der Waals surface area contributed by atoms with Gasteiger partial charge in [0.05, 0.1) is 11.4 Å². The van der Waals surface area contributed by atoms with Crippen LogP contribution in [0.25, 0.3) is 0 Å². The van der Waals surface area contributed by atoms with Gasteiger partial charge in [-0.05, 0) is 30.2 Å². The second-order valence-electron chi connectivity index (χ2n) is 5.63. The minimum absolute atomic E-state index is 0.0175. The van der Waals surface area contributed by atoms with Gasteiger partial charge in [-0.1, -0.05) is 24.3 Å². The van der Waals surface area contributed by atoms with Crippen molar-refractivity contribution in [2.75, 3.05) is 24.7 Å². The van der Waals surface area contributed by atoms with Crippen LogP contribution in [0.2, 0.25) is 0 Å². The van der Waals surface area contributed by atoms with Gasteiger partial charge in [0.15, 0.2) is 11.6 Å². The Morgan fingerprint density at radius 2 is 1.60 bits per heavy atom. The Balaban J connectivity index is 2.01. The molecule has 5 nitrogen and oxygen atoms in total. The number of aryl methyl sites for hydroxylation is 1. The molecule has 0 aromatic heterocycles. The van der Waals surface area contributed by atoms with Gasteiger partial charge >= 0.3 is 6.03 Å². The summed E-state index contributed by atoms with van der Waals surface area (Å²) in [6.07, 6.45) is 0.0536. The molecule has 0 saturated carbocycles. The van der Waals surface area contributed by atoms with E-state index in [1.165, 1.54) is 17.0 Å². The van der Waals surface area contributed by atoms with Gasteiger partial charge in [0.2, 0.25) is 5.91 Å². The van der Waals surface area contributed by atoms with Crippen LogP contribution < -0.4 is 10.6 Å². The summed E-state index contributed by atoms with van der Waals surface area (Å²) in [6, 6.07) is 10.3. The number of urea groups is 1. The van der Waals surface area contributed by atoms with Crippen molar-refractivity contribution in [3.8, 4) is 0 Å². The summed E-state index contributed by atoms with van der Waals surface area (Å²) in [5.41, 5.74) is 1.03. The van der Waals surface area contributed by atoms with E-state index in [0.29, 0.717) is 11.4 Å². The van der Waals surface area contributed by atoms with Crippen LogP contribution in [-0.4, -0.2) is 30.9 Å². The average Bonchev–Trinajstić information content (AvgIpc) is 2.58. The molecule has 132 valence electrons. The maximum atomic E-state index is 13.6. The predicted molar refractivity (Wildman–Crippen MR) is 92.5 cm³/mol. The van der Waals surface area contributed by atoms with Crippen LogP contribution in [0.5, 0.6) is 0 Å². The van der Waals surface area contributed by atoms with Crippen LogP contribution in [0.4, 0.5) is 25.0 Å². The summed E-state index contributed by atoms with van der Waals surface area (Å²) in [5.74, 6) is -2.24. The lowest BCUT2D eigenvalue weighted by atomic mass is 10.1. The Hall–Kier alpha value is -2.96. The molecule has 2 N–H and O–H groups in total. The molecule has 3 amide bonds. The number of para-hydroxylation sites is 2. The number of anilines is 2. The Morgan fingerprint density at radius 3 is 2.24 bits per heavy atom. The smallest absolute Gasteiger partial charge is 0.321 e. The van der Waals surface area contributed by atoms with Crippen LogP contribution in [0, 0.1) is 11.6 Å². The van der Waals surface area contributed by atoms with E-state index >= 15 is 0 Å². The first-order chi connectivity index (χ1) is 11.9. The molecule has 2 rings (SSSR count). The highest BCUT2D eigenvalue weighted by atomic mass is 19.2. The molecule has 2 aromatic carbocycles. The lowest BCUT2D eigenvalue weighted by molar-refractivity contribution is -0.116. The van der Waals surface area contributed by atoms with E-state index in [2.05, 4.69) is 10.6 Å². The predicted octanol–water partition coefficient (Wildman–Crippen LogP) is 3.63. The SMILES string of the molecule is CN(C)C(=O)Nc1ccccc1NC(=O)CCc1cccc(F)c1F. The molecular weight excluding hydrogens is 328 g/mol. The van der Waals surface area contributed by atoms with E-state index in [0.717, 1.165) is 6.07 Å². The Kier molecular flexibility index (Phi) is 6.05. The van der Waals surface area contributed by atoms with E-state index in [1.807, 2.05) is 0 Å². The van der Waals surface area contributed by atoms with E-state index in [1.54, 1.807) is 38.4 Å². The summed E-state index contributed by atoms with van der Waals surface area (Å²) in [4.78, 5) is 25.2. The number of carbonyl (C=O) groups excluding carboxylic acids is 2. The topological polar surface area (TPSA) is 61.4 Å². The second-order valence-corrected chi connectivity index (χ2v) is 5.63. The number of nitrogens with one attached hydrogen (secondary N) is 2. The van der Waals surface area contributed by atoms with Crippen LogP contribution in [0.1, 0.15) is 12.0 Å². The molecule has 0 bridgehead atoms. The fourth-order valence-corrected chi connectivity index (χ4v) is 2.13. The average molecular weight is 347 g/mol. The van der Waals surface area contributed by atoms with Gasteiger partial charge in [-0.15, -0.1) is 0 Å². The quantitative estimate of drug-likeness (QED) is 0.868. The molecule has 0 aliphatic heterocycles. The van der Waals surface area contributed by atoms with Crippen molar-refractivity contribution in [2.24, 2.45) is 0 Å². The number of carbonyl (C=O) groups is 2. The Labute approximate surface area is 144 Å². The monoisotopic (exact) mass is 347 g/mol. The third-order valence-electron chi connectivity index (χ3n) is 3.50. The third kappa shape index (κ3) is 5.00. The zero-order valence-electron chi connectivity index (χ0n) is 14.0. The number of amides is 3. The third-order valence-corrected chi connectivity index (χ3v) is 3.50. The van der Waals surface area contributed by atoms with Crippen LogP contribution in [0.15, 0.2) is 42.5 Å². The lowest BCUT2D eigenvalue weighted by Gasteiger charge is -2.15. The summed E-state index contributed by atoms with van der Waals surface area (Å²) in [6.45, 7) is 0. The molecule has 0 radical (unpaired) electrons. The molecule has 0 unspecified atom stereocenters. The van der Waals surface area contributed by atoms with Crippen molar-refractivity contribution in [1.82, 2.24) is 4.90 Å². The van der Waals surface area contributed by atoms with Crippen molar-refractivity contribution in [3.63, 3.8) is 0 Å². The Morgan fingerprint density at radius 1 is 0.960 bits per heavy atom. The summed E-state index contributed by atoms with van der Waals surface area (Å²) < 4.78 is 26.8. The highest BCUT2D eigenvalue weighted by molar-refractivity contribution is 5.98. The maximum Gasteiger partial charge on any atom is 0.321 e. The van der Waals surface area contributed by atoms with Gasteiger partial charge in [0.1, 0.15) is 0 Å². The molecule has 25 heavy (non-hydrogen) atoms.